The Morgan fingerprint density at radius 1 is 1.33 bits per heavy atom. The Bertz CT molecular complexity index is 394. The van der Waals surface area contributed by atoms with Crippen LogP contribution >= 0.6 is 12.4 Å². The molecule has 1 aromatic rings. The molecule has 1 amide bonds. The molecule has 2 N–H and O–H groups in total. The smallest absolute Gasteiger partial charge is 0.228 e. The van der Waals surface area contributed by atoms with E-state index in [4.69, 9.17) is 0 Å². The van der Waals surface area contributed by atoms with Crippen LogP contribution < -0.4 is 10.6 Å². The molecule has 0 aromatic heterocycles. The molecule has 1 aromatic carbocycles. The SMILES string of the molecule is Cc1cccc(C)c1NC(=O)C1CCCNC1.Cl. The molecule has 0 radical (unpaired) electrons. The number of hydrogen-bond donors (Lipinski definition) is 2. The molecule has 1 heterocycles. The number of para-hydroxylation sites is 1. The summed E-state index contributed by atoms with van der Waals surface area (Å²) in [6, 6.07) is 6.08. The molecule has 1 aliphatic rings. The minimum absolute atomic E-state index is 0. The number of piperidine rings is 1. The van der Waals surface area contributed by atoms with Crippen molar-refractivity contribution in [1.29, 1.82) is 0 Å². The van der Waals surface area contributed by atoms with Gasteiger partial charge in [0.25, 0.3) is 0 Å². The third-order valence-electron chi connectivity index (χ3n) is 3.40. The molecule has 1 atom stereocenters. The van der Waals surface area contributed by atoms with Crippen molar-refractivity contribution in [2.24, 2.45) is 5.92 Å². The second kappa shape index (κ2) is 6.76. The first-order valence-electron chi connectivity index (χ1n) is 6.26. The van der Waals surface area contributed by atoms with Gasteiger partial charge in [0, 0.05) is 12.2 Å². The summed E-state index contributed by atoms with van der Waals surface area (Å²) in [6.45, 7) is 5.90. The van der Waals surface area contributed by atoms with E-state index in [1.165, 1.54) is 0 Å². The summed E-state index contributed by atoms with van der Waals surface area (Å²) >= 11 is 0. The zero-order chi connectivity index (χ0) is 12.3. The highest BCUT2D eigenvalue weighted by Crippen LogP contribution is 2.21. The van der Waals surface area contributed by atoms with Crippen LogP contribution in [0.3, 0.4) is 0 Å². The second-order valence-corrected chi connectivity index (χ2v) is 4.80. The standard InChI is InChI=1S/C14H20N2O.ClH/c1-10-5-3-6-11(2)13(10)16-14(17)12-7-4-8-15-9-12;/h3,5-6,12,15H,4,7-9H2,1-2H3,(H,16,17);1H. The Hall–Kier alpha value is -1.06. The van der Waals surface area contributed by atoms with Crippen LogP contribution in [0.1, 0.15) is 24.0 Å². The monoisotopic (exact) mass is 268 g/mol. The first-order valence-corrected chi connectivity index (χ1v) is 6.26. The highest BCUT2D eigenvalue weighted by Gasteiger charge is 2.21. The number of carbonyl (C=O) groups is 1. The van der Waals surface area contributed by atoms with Crippen molar-refractivity contribution in [3.05, 3.63) is 29.3 Å². The van der Waals surface area contributed by atoms with Crippen molar-refractivity contribution >= 4 is 24.0 Å². The first-order chi connectivity index (χ1) is 8.18. The van der Waals surface area contributed by atoms with Gasteiger partial charge in [0.1, 0.15) is 0 Å². The minimum Gasteiger partial charge on any atom is -0.325 e. The Labute approximate surface area is 115 Å². The third kappa shape index (κ3) is 3.47. The summed E-state index contributed by atoms with van der Waals surface area (Å²) in [6.07, 6.45) is 2.08. The van der Waals surface area contributed by atoms with Crippen molar-refractivity contribution in [2.75, 3.05) is 18.4 Å². The average molecular weight is 269 g/mol. The maximum atomic E-state index is 12.1. The van der Waals surface area contributed by atoms with Gasteiger partial charge in [0.2, 0.25) is 5.91 Å². The van der Waals surface area contributed by atoms with E-state index >= 15 is 0 Å². The van der Waals surface area contributed by atoms with Crippen molar-refractivity contribution in [1.82, 2.24) is 5.32 Å². The lowest BCUT2D eigenvalue weighted by molar-refractivity contribution is -0.120. The minimum atomic E-state index is 0. The number of nitrogens with one attached hydrogen (secondary N) is 2. The number of carbonyl (C=O) groups excluding carboxylic acids is 1. The van der Waals surface area contributed by atoms with Crippen LogP contribution in [0, 0.1) is 19.8 Å². The van der Waals surface area contributed by atoms with Crippen LogP contribution in [0.25, 0.3) is 0 Å². The Kier molecular flexibility index (Phi) is 5.63. The lowest BCUT2D eigenvalue weighted by atomic mass is 9.98. The van der Waals surface area contributed by atoms with E-state index in [2.05, 4.69) is 10.6 Å². The molecule has 3 nitrogen and oxygen atoms in total. The second-order valence-electron chi connectivity index (χ2n) is 4.80. The number of aryl methyl sites for hydroxylation is 2. The number of anilines is 1. The van der Waals surface area contributed by atoms with Crippen molar-refractivity contribution in [2.45, 2.75) is 26.7 Å². The lowest BCUT2D eigenvalue weighted by Gasteiger charge is -2.22. The van der Waals surface area contributed by atoms with Gasteiger partial charge in [-0.3, -0.25) is 4.79 Å². The number of halogens is 1. The van der Waals surface area contributed by atoms with Crippen molar-refractivity contribution in [3.8, 4) is 0 Å². The van der Waals surface area contributed by atoms with Gasteiger partial charge in [0.15, 0.2) is 0 Å². The Balaban J connectivity index is 0.00000162. The van der Waals surface area contributed by atoms with E-state index in [-0.39, 0.29) is 24.2 Å². The quantitative estimate of drug-likeness (QED) is 0.866. The summed E-state index contributed by atoms with van der Waals surface area (Å²) in [5.74, 6) is 0.261. The van der Waals surface area contributed by atoms with E-state index in [0.717, 1.165) is 42.7 Å². The maximum absolute atomic E-state index is 12.1. The lowest BCUT2D eigenvalue weighted by Crippen LogP contribution is -2.37. The fourth-order valence-corrected chi connectivity index (χ4v) is 2.31. The number of amides is 1. The predicted octanol–water partition coefficient (Wildman–Crippen LogP) is 2.66. The molecule has 18 heavy (non-hydrogen) atoms. The predicted molar refractivity (Wildman–Crippen MR) is 77.4 cm³/mol. The molecule has 2 rings (SSSR count). The van der Waals surface area contributed by atoms with Gasteiger partial charge in [-0.1, -0.05) is 18.2 Å². The molecule has 1 fully saturated rings. The zero-order valence-corrected chi connectivity index (χ0v) is 11.8. The number of hydrogen-bond acceptors (Lipinski definition) is 2. The fraction of sp³-hybridized carbons (Fsp3) is 0.500. The van der Waals surface area contributed by atoms with Gasteiger partial charge in [0.05, 0.1) is 5.92 Å². The van der Waals surface area contributed by atoms with Crippen LogP contribution in [0.15, 0.2) is 18.2 Å². The third-order valence-corrected chi connectivity index (χ3v) is 3.40. The molecule has 100 valence electrons. The van der Waals surface area contributed by atoms with E-state index in [1.807, 2.05) is 32.0 Å². The van der Waals surface area contributed by atoms with Crippen LogP contribution in [0.5, 0.6) is 0 Å². The molecule has 0 spiro atoms. The number of benzene rings is 1. The summed E-state index contributed by atoms with van der Waals surface area (Å²) < 4.78 is 0. The van der Waals surface area contributed by atoms with Crippen molar-refractivity contribution in [3.63, 3.8) is 0 Å². The number of rotatable bonds is 2. The summed E-state index contributed by atoms with van der Waals surface area (Å²) in [7, 11) is 0. The molecular formula is C14H21ClN2O. The topological polar surface area (TPSA) is 41.1 Å². The van der Waals surface area contributed by atoms with Crippen LogP contribution in [0.4, 0.5) is 5.69 Å². The van der Waals surface area contributed by atoms with Gasteiger partial charge in [-0.15, -0.1) is 12.4 Å². The molecule has 1 unspecified atom stereocenters. The molecular weight excluding hydrogens is 248 g/mol. The van der Waals surface area contributed by atoms with Crippen LogP contribution in [-0.2, 0) is 4.79 Å². The molecule has 0 saturated carbocycles. The first kappa shape index (κ1) is 15.0. The zero-order valence-electron chi connectivity index (χ0n) is 11.0. The van der Waals surface area contributed by atoms with Gasteiger partial charge in [-0.25, -0.2) is 0 Å². The van der Waals surface area contributed by atoms with Gasteiger partial charge in [-0.2, -0.15) is 0 Å². The van der Waals surface area contributed by atoms with Crippen molar-refractivity contribution < 1.29 is 4.79 Å². The fourth-order valence-electron chi connectivity index (χ4n) is 2.31. The summed E-state index contributed by atoms with van der Waals surface area (Å²) in [5, 5.41) is 6.34. The van der Waals surface area contributed by atoms with E-state index in [1.54, 1.807) is 0 Å². The van der Waals surface area contributed by atoms with Crippen LogP contribution in [-0.4, -0.2) is 19.0 Å². The highest BCUT2D eigenvalue weighted by molar-refractivity contribution is 5.94. The van der Waals surface area contributed by atoms with Gasteiger partial charge in [-0.05, 0) is 44.4 Å². The average Bonchev–Trinajstić information content (AvgIpc) is 2.35. The molecule has 1 saturated heterocycles. The van der Waals surface area contributed by atoms with Gasteiger partial charge >= 0.3 is 0 Å². The Morgan fingerprint density at radius 2 is 2.00 bits per heavy atom. The van der Waals surface area contributed by atoms with E-state index in [9.17, 15) is 4.79 Å². The normalized spacial score (nSPS) is 18.9. The molecule has 1 aliphatic heterocycles. The van der Waals surface area contributed by atoms with E-state index in [0.29, 0.717) is 0 Å². The summed E-state index contributed by atoms with van der Waals surface area (Å²) in [5.41, 5.74) is 3.23. The van der Waals surface area contributed by atoms with E-state index < -0.39 is 0 Å². The highest BCUT2D eigenvalue weighted by atomic mass is 35.5. The van der Waals surface area contributed by atoms with Gasteiger partial charge < -0.3 is 10.6 Å². The van der Waals surface area contributed by atoms with Crippen LogP contribution in [0.2, 0.25) is 0 Å². The molecule has 0 aliphatic carbocycles. The molecule has 4 heteroatoms. The summed E-state index contributed by atoms with van der Waals surface area (Å²) in [4.78, 5) is 12.1. The largest absolute Gasteiger partial charge is 0.325 e. The Morgan fingerprint density at radius 3 is 2.56 bits per heavy atom. The molecule has 0 bridgehead atoms. The maximum Gasteiger partial charge on any atom is 0.228 e.